The molecule has 0 aliphatic carbocycles. The number of benzene rings is 1. The minimum atomic E-state index is 0.592. The molecule has 0 amide bonds. The Bertz CT molecular complexity index is 442. The molecule has 3 heteroatoms. The van der Waals surface area contributed by atoms with Crippen molar-refractivity contribution < 1.29 is 0 Å². The Labute approximate surface area is 130 Å². The van der Waals surface area contributed by atoms with E-state index in [2.05, 4.69) is 74.2 Å². The first-order chi connectivity index (χ1) is 10.0. The van der Waals surface area contributed by atoms with Gasteiger partial charge in [-0.2, -0.15) is 0 Å². The van der Waals surface area contributed by atoms with Crippen LogP contribution in [0.1, 0.15) is 33.6 Å². The summed E-state index contributed by atoms with van der Waals surface area (Å²) in [6.07, 6.45) is 2.43. The Morgan fingerprint density at radius 1 is 1.29 bits per heavy atom. The van der Waals surface area contributed by atoms with Crippen LogP contribution in [-0.4, -0.2) is 39.3 Å². The summed E-state index contributed by atoms with van der Waals surface area (Å²) in [5.41, 5.74) is 2.70. The van der Waals surface area contributed by atoms with Crippen LogP contribution in [0.2, 0.25) is 0 Å². The first-order valence-electron chi connectivity index (χ1n) is 8.29. The number of piperazine rings is 1. The largest absolute Gasteiger partial charge is 0.376 e. The molecule has 0 radical (unpaired) electrons. The summed E-state index contributed by atoms with van der Waals surface area (Å²) < 4.78 is 0. The topological polar surface area (TPSA) is 18.5 Å². The first kappa shape index (κ1) is 16.2. The van der Waals surface area contributed by atoms with E-state index in [4.69, 9.17) is 0 Å². The Balaban J connectivity index is 2.25. The summed E-state index contributed by atoms with van der Waals surface area (Å²) in [4.78, 5) is 4.85. The molecule has 21 heavy (non-hydrogen) atoms. The molecule has 0 saturated carbocycles. The second-order valence-electron chi connectivity index (χ2n) is 6.83. The van der Waals surface area contributed by atoms with Crippen molar-refractivity contribution in [3.63, 3.8) is 0 Å². The highest BCUT2D eigenvalue weighted by molar-refractivity contribution is 5.71. The summed E-state index contributed by atoms with van der Waals surface area (Å²) in [5.74, 6) is 0.742. The van der Waals surface area contributed by atoms with Gasteiger partial charge in [0.2, 0.25) is 0 Å². The molecule has 1 aromatic carbocycles. The predicted octanol–water partition coefficient (Wildman–Crippen LogP) is 3.36. The minimum absolute atomic E-state index is 0.592. The molecule has 1 aliphatic heterocycles. The summed E-state index contributed by atoms with van der Waals surface area (Å²) in [5, 5.41) is 3.74. The van der Waals surface area contributed by atoms with Crippen LogP contribution in [0, 0.1) is 5.92 Å². The van der Waals surface area contributed by atoms with Gasteiger partial charge in [0.15, 0.2) is 0 Å². The van der Waals surface area contributed by atoms with Gasteiger partial charge >= 0.3 is 0 Å². The zero-order valence-corrected chi connectivity index (χ0v) is 14.3. The maximum atomic E-state index is 3.74. The van der Waals surface area contributed by atoms with Crippen LogP contribution < -0.4 is 15.1 Å². The lowest BCUT2D eigenvalue weighted by Gasteiger charge is -2.43. The molecule has 118 valence electrons. The van der Waals surface area contributed by atoms with Crippen LogP contribution in [0.4, 0.5) is 11.4 Å². The Morgan fingerprint density at radius 3 is 2.62 bits per heavy atom. The van der Waals surface area contributed by atoms with Crippen LogP contribution in [0.15, 0.2) is 24.3 Å². The maximum absolute atomic E-state index is 3.74. The lowest BCUT2D eigenvalue weighted by Crippen LogP contribution is -2.57. The van der Waals surface area contributed by atoms with Crippen molar-refractivity contribution in [3.8, 4) is 0 Å². The molecular weight excluding hydrogens is 258 g/mol. The average Bonchev–Trinajstić information content (AvgIpc) is 2.46. The van der Waals surface area contributed by atoms with Crippen molar-refractivity contribution in [2.45, 2.75) is 45.7 Å². The number of anilines is 2. The van der Waals surface area contributed by atoms with Gasteiger partial charge in [-0.15, -0.1) is 0 Å². The van der Waals surface area contributed by atoms with Gasteiger partial charge in [0.05, 0.1) is 11.4 Å². The molecule has 1 aliphatic rings. The van der Waals surface area contributed by atoms with Crippen molar-refractivity contribution in [1.29, 1.82) is 0 Å². The molecule has 3 nitrogen and oxygen atoms in total. The number of nitrogens with one attached hydrogen (secondary N) is 1. The Kier molecular flexibility index (Phi) is 5.51. The van der Waals surface area contributed by atoms with E-state index in [0.717, 1.165) is 19.0 Å². The zero-order chi connectivity index (χ0) is 15.4. The smallest absolute Gasteiger partial charge is 0.0607 e. The second-order valence-corrected chi connectivity index (χ2v) is 6.83. The molecular formula is C18H31N3. The Morgan fingerprint density at radius 2 is 2.00 bits per heavy atom. The van der Waals surface area contributed by atoms with Crippen LogP contribution in [0.5, 0.6) is 0 Å². The fourth-order valence-corrected chi connectivity index (χ4v) is 3.34. The molecule has 1 N–H and O–H groups in total. The molecule has 2 atom stereocenters. The van der Waals surface area contributed by atoms with Gasteiger partial charge in [-0.3, -0.25) is 0 Å². The van der Waals surface area contributed by atoms with Crippen molar-refractivity contribution in [2.24, 2.45) is 5.92 Å². The fraction of sp³-hybridized carbons (Fsp3) is 0.667. The highest BCUT2D eigenvalue weighted by atomic mass is 15.3. The number of nitrogens with zero attached hydrogens (tertiary/aromatic N) is 2. The summed E-state index contributed by atoms with van der Waals surface area (Å²) >= 11 is 0. The molecule has 1 saturated heterocycles. The predicted molar refractivity (Wildman–Crippen MR) is 93.4 cm³/mol. The minimum Gasteiger partial charge on any atom is -0.376 e. The van der Waals surface area contributed by atoms with Gasteiger partial charge in [-0.1, -0.05) is 32.9 Å². The third-order valence-corrected chi connectivity index (χ3v) is 4.40. The van der Waals surface area contributed by atoms with Gasteiger partial charge in [-0.25, -0.2) is 0 Å². The van der Waals surface area contributed by atoms with E-state index in [1.165, 1.54) is 24.2 Å². The van der Waals surface area contributed by atoms with Gasteiger partial charge in [-0.05, 0) is 30.9 Å². The van der Waals surface area contributed by atoms with Gasteiger partial charge < -0.3 is 15.1 Å². The van der Waals surface area contributed by atoms with Gasteiger partial charge in [0, 0.05) is 39.3 Å². The number of hydrogen-bond donors (Lipinski definition) is 1. The Hall–Kier alpha value is -1.22. The van der Waals surface area contributed by atoms with Gasteiger partial charge in [0.25, 0.3) is 0 Å². The van der Waals surface area contributed by atoms with Crippen LogP contribution in [-0.2, 0) is 0 Å². The van der Waals surface area contributed by atoms with Crippen LogP contribution in [0.25, 0.3) is 0 Å². The fourth-order valence-electron chi connectivity index (χ4n) is 3.34. The zero-order valence-electron chi connectivity index (χ0n) is 14.3. The monoisotopic (exact) mass is 289 g/mol. The van der Waals surface area contributed by atoms with E-state index in [9.17, 15) is 0 Å². The van der Waals surface area contributed by atoms with Crippen molar-refractivity contribution in [3.05, 3.63) is 24.3 Å². The van der Waals surface area contributed by atoms with E-state index >= 15 is 0 Å². The molecule has 2 rings (SSSR count). The standard InChI is InChI=1S/C18H31N3/c1-6-16-12-19-15(11-14(2)3)13-21(16)18-10-8-7-9-17(18)20(4)5/h7-10,14-16,19H,6,11-13H2,1-5H3. The molecule has 1 fully saturated rings. The van der Waals surface area contributed by atoms with Gasteiger partial charge in [0.1, 0.15) is 0 Å². The van der Waals surface area contributed by atoms with Crippen LogP contribution >= 0.6 is 0 Å². The third-order valence-electron chi connectivity index (χ3n) is 4.40. The van der Waals surface area contributed by atoms with E-state index in [1.54, 1.807) is 0 Å². The van der Waals surface area contributed by atoms with E-state index < -0.39 is 0 Å². The summed E-state index contributed by atoms with van der Waals surface area (Å²) in [7, 11) is 4.27. The number of hydrogen-bond acceptors (Lipinski definition) is 3. The SMILES string of the molecule is CCC1CNC(CC(C)C)CN1c1ccccc1N(C)C. The van der Waals surface area contributed by atoms with Crippen LogP contribution in [0.3, 0.4) is 0 Å². The highest BCUT2D eigenvalue weighted by Crippen LogP contribution is 2.31. The quantitative estimate of drug-likeness (QED) is 0.897. The van der Waals surface area contributed by atoms with E-state index in [0.29, 0.717) is 12.1 Å². The normalized spacial score (nSPS) is 22.7. The first-order valence-corrected chi connectivity index (χ1v) is 8.29. The molecule has 2 unspecified atom stereocenters. The van der Waals surface area contributed by atoms with Crippen molar-refractivity contribution >= 4 is 11.4 Å². The lowest BCUT2D eigenvalue weighted by atomic mass is 9.98. The lowest BCUT2D eigenvalue weighted by molar-refractivity contribution is 0.343. The average molecular weight is 289 g/mol. The molecule has 0 bridgehead atoms. The second kappa shape index (κ2) is 7.17. The number of rotatable bonds is 5. The summed E-state index contributed by atoms with van der Waals surface area (Å²) in [6, 6.07) is 9.98. The third kappa shape index (κ3) is 3.91. The van der Waals surface area contributed by atoms with E-state index in [1.807, 2.05) is 0 Å². The molecule has 1 aromatic rings. The molecule has 0 spiro atoms. The molecule has 1 heterocycles. The summed E-state index contributed by atoms with van der Waals surface area (Å²) in [6.45, 7) is 9.12. The molecule has 0 aromatic heterocycles. The number of para-hydroxylation sites is 2. The highest BCUT2D eigenvalue weighted by Gasteiger charge is 2.28. The van der Waals surface area contributed by atoms with Crippen molar-refractivity contribution in [2.75, 3.05) is 37.0 Å². The maximum Gasteiger partial charge on any atom is 0.0607 e. The van der Waals surface area contributed by atoms with Crippen molar-refractivity contribution in [1.82, 2.24) is 5.32 Å². The van der Waals surface area contributed by atoms with E-state index in [-0.39, 0.29) is 0 Å².